The molecule has 0 aromatic carbocycles. The number of nitriles is 1. The molecule has 0 fully saturated rings. The first kappa shape index (κ1) is 14.8. The molecule has 7 heteroatoms. The fraction of sp³-hybridized carbons (Fsp3) is 0.214. The predicted octanol–water partition coefficient (Wildman–Crippen LogP) is 2.02. The number of aromatic nitrogens is 1. The molecule has 108 valence electrons. The van der Waals surface area contributed by atoms with Crippen LogP contribution in [0, 0.1) is 11.3 Å². The van der Waals surface area contributed by atoms with Gasteiger partial charge in [-0.15, -0.1) is 11.3 Å². The van der Waals surface area contributed by atoms with Crippen LogP contribution in [0.1, 0.15) is 20.8 Å². The molecule has 0 aliphatic rings. The van der Waals surface area contributed by atoms with Gasteiger partial charge in [0.05, 0.1) is 12.8 Å². The van der Waals surface area contributed by atoms with Crippen LogP contribution in [0.15, 0.2) is 24.5 Å². The number of ether oxygens (including phenoxy) is 1. The fourth-order valence-electron chi connectivity index (χ4n) is 1.92. The maximum Gasteiger partial charge on any atom is 0.343 e. The van der Waals surface area contributed by atoms with E-state index in [4.69, 9.17) is 15.7 Å². The highest BCUT2D eigenvalue weighted by Gasteiger charge is 2.25. The molecular formula is C14H14N4O2S. The van der Waals surface area contributed by atoms with E-state index in [0.717, 1.165) is 5.56 Å². The predicted molar refractivity (Wildman–Crippen MR) is 81.1 cm³/mol. The van der Waals surface area contributed by atoms with Crippen LogP contribution in [0.2, 0.25) is 0 Å². The average Bonchev–Trinajstić information content (AvgIpc) is 2.84. The summed E-state index contributed by atoms with van der Waals surface area (Å²) in [5.41, 5.74) is 7.33. The van der Waals surface area contributed by atoms with Crippen LogP contribution in [0.5, 0.6) is 0 Å². The molecule has 0 unspecified atom stereocenters. The highest BCUT2D eigenvalue weighted by atomic mass is 32.1. The summed E-state index contributed by atoms with van der Waals surface area (Å²) in [7, 11) is 3.12. The molecule has 0 spiro atoms. The Morgan fingerprint density at radius 1 is 1.52 bits per heavy atom. The van der Waals surface area contributed by atoms with Crippen molar-refractivity contribution in [2.75, 3.05) is 24.8 Å². The van der Waals surface area contributed by atoms with Crippen LogP contribution in [-0.4, -0.2) is 25.1 Å². The standard InChI is InChI=1S/C14H14N4O2S/c1-18(8-9-3-5-17-6-4-9)13-11(14(19)20-2)12(16)10(7-15)21-13/h3-6H,8,16H2,1-2H3. The Balaban J connectivity index is 2.38. The molecule has 0 saturated carbocycles. The number of pyridine rings is 1. The molecule has 0 amide bonds. The van der Waals surface area contributed by atoms with E-state index in [1.165, 1.54) is 18.4 Å². The molecule has 0 radical (unpaired) electrons. The summed E-state index contributed by atoms with van der Waals surface area (Å²) in [5, 5.41) is 9.70. The summed E-state index contributed by atoms with van der Waals surface area (Å²) in [6.45, 7) is 0.567. The Morgan fingerprint density at radius 3 is 2.76 bits per heavy atom. The topological polar surface area (TPSA) is 92.2 Å². The number of nitrogen functional groups attached to an aromatic ring is 1. The monoisotopic (exact) mass is 302 g/mol. The highest BCUT2D eigenvalue weighted by Crippen LogP contribution is 2.38. The summed E-state index contributed by atoms with van der Waals surface area (Å²) < 4.78 is 4.76. The van der Waals surface area contributed by atoms with Crippen molar-refractivity contribution in [3.63, 3.8) is 0 Å². The highest BCUT2D eigenvalue weighted by molar-refractivity contribution is 7.17. The summed E-state index contributed by atoms with van der Waals surface area (Å²) >= 11 is 1.18. The van der Waals surface area contributed by atoms with Crippen molar-refractivity contribution in [1.82, 2.24) is 4.98 Å². The van der Waals surface area contributed by atoms with E-state index in [1.54, 1.807) is 12.4 Å². The number of thiophene rings is 1. The molecule has 0 atom stereocenters. The Labute approximate surface area is 126 Å². The molecule has 2 rings (SSSR count). The molecule has 0 aliphatic heterocycles. The normalized spacial score (nSPS) is 9.95. The third-order valence-corrected chi connectivity index (χ3v) is 4.16. The number of rotatable bonds is 4. The Bertz CT molecular complexity index is 691. The molecular weight excluding hydrogens is 288 g/mol. The van der Waals surface area contributed by atoms with Crippen LogP contribution < -0.4 is 10.6 Å². The molecule has 2 N–H and O–H groups in total. The molecule has 0 bridgehead atoms. The maximum atomic E-state index is 11.9. The van der Waals surface area contributed by atoms with E-state index in [2.05, 4.69) is 4.98 Å². The number of carbonyl (C=O) groups excluding carboxylic acids is 1. The van der Waals surface area contributed by atoms with Gasteiger partial charge in [0.25, 0.3) is 0 Å². The zero-order chi connectivity index (χ0) is 15.4. The van der Waals surface area contributed by atoms with Crippen molar-refractivity contribution in [3.05, 3.63) is 40.5 Å². The van der Waals surface area contributed by atoms with E-state index in [9.17, 15) is 4.79 Å². The molecule has 21 heavy (non-hydrogen) atoms. The first-order valence-electron chi connectivity index (χ1n) is 6.09. The fourth-order valence-corrected chi connectivity index (χ4v) is 2.88. The Kier molecular flexibility index (Phi) is 4.40. The number of carbonyl (C=O) groups is 1. The van der Waals surface area contributed by atoms with Crippen LogP contribution in [0.25, 0.3) is 0 Å². The van der Waals surface area contributed by atoms with Gasteiger partial charge >= 0.3 is 5.97 Å². The minimum absolute atomic E-state index is 0.172. The van der Waals surface area contributed by atoms with Crippen LogP contribution in [-0.2, 0) is 11.3 Å². The minimum Gasteiger partial charge on any atom is -0.465 e. The number of methoxy groups -OCH3 is 1. The first-order valence-corrected chi connectivity index (χ1v) is 6.90. The molecule has 6 nitrogen and oxygen atoms in total. The molecule has 0 saturated heterocycles. The first-order chi connectivity index (χ1) is 10.1. The van der Waals surface area contributed by atoms with E-state index in [-0.39, 0.29) is 11.3 Å². The average molecular weight is 302 g/mol. The summed E-state index contributed by atoms with van der Waals surface area (Å²) in [4.78, 5) is 18.0. The van der Waals surface area contributed by atoms with Crippen molar-refractivity contribution in [3.8, 4) is 6.07 Å². The largest absolute Gasteiger partial charge is 0.465 e. The van der Waals surface area contributed by atoms with Crippen LogP contribution in [0.4, 0.5) is 10.7 Å². The second kappa shape index (κ2) is 6.24. The Hall–Kier alpha value is -2.59. The molecule has 2 heterocycles. The minimum atomic E-state index is -0.540. The van der Waals surface area contributed by atoms with Crippen LogP contribution in [0.3, 0.4) is 0 Å². The molecule has 2 aromatic heterocycles. The van der Waals surface area contributed by atoms with E-state index >= 15 is 0 Å². The molecule has 0 aliphatic carbocycles. The van der Waals surface area contributed by atoms with Crippen molar-refractivity contribution in [2.45, 2.75) is 6.54 Å². The second-order valence-electron chi connectivity index (χ2n) is 4.34. The summed E-state index contributed by atoms with van der Waals surface area (Å²) in [5.74, 6) is -0.540. The lowest BCUT2D eigenvalue weighted by Crippen LogP contribution is -2.18. The van der Waals surface area contributed by atoms with Gasteiger partial charge in [-0.1, -0.05) is 0 Å². The number of hydrogen-bond acceptors (Lipinski definition) is 7. The van der Waals surface area contributed by atoms with Gasteiger partial charge in [-0.25, -0.2) is 4.79 Å². The number of esters is 1. The summed E-state index contributed by atoms with van der Waals surface area (Å²) in [6, 6.07) is 5.77. The third-order valence-electron chi connectivity index (χ3n) is 2.93. The zero-order valence-corrected chi connectivity index (χ0v) is 12.5. The van der Waals surface area contributed by atoms with Crippen molar-refractivity contribution in [2.24, 2.45) is 0 Å². The lowest BCUT2D eigenvalue weighted by Gasteiger charge is -2.18. The zero-order valence-electron chi connectivity index (χ0n) is 11.7. The lowest BCUT2D eigenvalue weighted by atomic mass is 10.2. The van der Waals surface area contributed by atoms with Crippen molar-refractivity contribution in [1.29, 1.82) is 5.26 Å². The third kappa shape index (κ3) is 2.95. The van der Waals surface area contributed by atoms with Crippen LogP contribution >= 0.6 is 11.3 Å². The summed E-state index contributed by atoms with van der Waals surface area (Å²) in [6.07, 6.45) is 3.40. The van der Waals surface area contributed by atoms with E-state index in [0.29, 0.717) is 16.4 Å². The van der Waals surface area contributed by atoms with Gasteiger partial charge in [-0.05, 0) is 17.7 Å². The van der Waals surface area contributed by atoms with Gasteiger partial charge in [0, 0.05) is 26.0 Å². The number of nitrogens with zero attached hydrogens (tertiary/aromatic N) is 3. The number of nitrogens with two attached hydrogens (primary N) is 1. The van der Waals surface area contributed by atoms with Gasteiger partial charge in [0.1, 0.15) is 21.5 Å². The quantitative estimate of drug-likeness (QED) is 0.869. The van der Waals surface area contributed by atoms with Gasteiger partial charge < -0.3 is 15.4 Å². The SMILES string of the molecule is COC(=O)c1c(N(C)Cc2ccncc2)sc(C#N)c1N. The molecule has 2 aromatic rings. The van der Waals surface area contributed by atoms with E-state index < -0.39 is 5.97 Å². The smallest absolute Gasteiger partial charge is 0.343 e. The second-order valence-corrected chi connectivity index (χ2v) is 5.34. The number of hydrogen-bond donors (Lipinski definition) is 1. The lowest BCUT2D eigenvalue weighted by molar-refractivity contribution is 0.0603. The van der Waals surface area contributed by atoms with Gasteiger partial charge in [0.2, 0.25) is 0 Å². The Morgan fingerprint density at radius 2 is 2.19 bits per heavy atom. The van der Waals surface area contributed by atoms with Crippen molar-refractivity contribution < 1.29 is 9.53 Å². The number of anilines is 2. The van der Waals surface area contributed by atoms with Gasteiger partial charge in [-0.2, -0.15) is 5.26 Å². The van der Waals surface area contributed by atoms with E-state index in [1.807, 2.05) is 30.1 Å². The maximum absolute atomic E-state index is 11.9. The van der Waals surface area contributed by atoms with Gasteiger partial charge in [0.15, 0.2) is 0 Å². The van der Waals surface area contributed by atoms with Gasteiger partial charge in [-0.3, -0.25) is 4.98 Å². The van der Waals surface area contributed by atoms with Crippen molar-refractivity contribution >= 4 is 28.0 Å².